The number of rotatable bonds is 7. The van der Waals surface area contributed by atoms with Crippen LogP contribution in [0.5, 0.6) is 11.5 Å². The molecule has 1 aromatic carbocycles. The lowest BCUT2D eigenvalue weighted by Gasteiger charge is -2.38. The molecule has 6 nitrogen and oxygen atoms in total. The van der Waals surface area contributed by atoms with Gasteiger partial charge in [-0.05, 0) is 42.0 Å². The Bertz CT molecular complexity index is 827. The Hall–Kier alpha value is -1.61. The van der Waals surface area contributed by atoms with Crippen molar-refractivity contribution in [3.05, 3.63) is 41.3 Å². The zero-order chi connectivity index (χ0) is 18.6. The lowest BCUT2D eigenvalue weighted by molar-refractivity contribution is 0.0516. The van der Waals surface area contributed by atoms with E-state index >= 15 is 0 Å². The van der Waals surface area contributed by atoms with Gasteiger partial charge in [-0.3, -0.25) is 0 Å². The van der Waals surface area contributed by atoms with E-state index in [1.54, 1.807) is 31.7 Å². The van der Waals surface area contributed by atoms with E-state index < -0.39 is 10.0 Å². The largest absolute Gasteiger partial charge is 0.493 e. The molecule has 0 unspecified atom stereocenters. The molecule has 3 rings (SSSR count). The van der Waals surface area contributed by atoms with Crippen LogP contribution in [0.2, 0.25) is 0 Å². The molecule has 0 spiro atoms. The second-order valence-electron chi connectivity index (χ2n) is 6.22. The van der Waals surface area contributed by atoms with Gasteiger partial charge in [0, 0.05) is 25.2 Å². The number of hydrogen-bond acceptors (Lipinski definition) is 6. The standard InChI is InChI=1S/C18H23NO5S2/c1-22-15-6-5-14(12-16(15)23-2)18(7-9-24-10-8-18)13-19-26(20,21)17-4-3-11-25-17/h3-6,11-12,19H,7-10,13H2,1-2H3. The molecule has 1 saturated heterocycles. The number of methoxy groups -OCH3 is 2. The van der Waals surface area contributed by atoms with Crippen LogP contribution in [0.1, 0.15) is 18.4 Å². The van der Waals surface area contributed by atoms with Crippen molar-refractivity contribution >= 4 is 21.4 Å². The van der Waals surface area contributed by atoms with Crippen molar-refractivity contribution in [3.8, 4) is 11.5 Å². The normalized spacial score (nSPS) is 17.0. The fourth-order valence-corrected chi connectivity index (χ4v) is 5.38. The lowest BCUT2D eigenvalue weighted by Crippen LogP contribution is -2.44. The maximum Gasteiger partial charge on any atom is 0.250 e. The minimum Gasteiger partial charge on any atom is -0.493 e. The Morgan fingerprint density at radius 2 is 1.88 bits per heavy atom. The average molecular weight is 398 g/mol. The van der Waals surface area contributed by atoms with Crippen LogP contribution >= 0.6 is 11.3 Å². The van der Waals surface area contributed by atoms with Gasteiger partial charge in [0.2, 0.25) is 10.0 Å². The predicted molar refractivity (Wildman–Crippen MR) is 101 cm³/mol. The summed E-state index contributed by atoms with van der Waals surface area (Å²) in [5.74, 6) is 1.29. The zero-order valence-electron chi connectivity index (χ0n) is 14.9. The minimum absolute atomic E-state index is 0.312. The van der Waals surface area contributed by atoms with Gasteiger partial charge in [0.1, 0.15) is 4.21 Å². The van der Waals surface area contributed by atoms with Crippen molar-refractivity contribution in [1.82, 2.24) is 4.72 Å². The highest BCUT2D eigenvalue weighted by Crippen LogP contribution is 2.39. The summed E-state index contributed by atoms with van der Waals surface area (Å²) in [7, 11) is -0.330. The summed E-state index contributed by atoms with van der Waals surface area (Å²) in [6.45, 7) is 1.50. The van der Waals surface area contributed by atoms with Crippen molar-refractivity contribution in [3.63, 3.8) is 0 Å². The molecule has 1 fully saturated rings. The van der Waals surface area contributed by atoms with E-state index in [2.05, 4.69) is 4.72 Å². The Labute approximate surface area is 158 Å². The number of thiophene rings is 1. The van der Waals surface area contributed by atoms with Gasteiger partial charge in [0.15, 0.2) is 11.5 Å². The fourth-order valence-electron chi connectivity index (χ4n) is 3.22. The number of hydrogen-bond donors (Lipinski definition) is 1. The first kappa shape index (κ1) is 19.2. The number of sulfonamides is 1. The fraction of sp³-hybridized carbons (Fsp3) is 0.444. The quantitative estimate of drug-likeness (QED) is 0.778. The topological polar surface area (TPSA) is 73.9 Å². The SMILES string of the molecule is COc1ccc(C2(CNS(=O)(=O)c3cccs3)CCOCC2)cc1OC. The molecule has 0 atom stereocenters. The monoisotopic (exact) mass is 397 g/mol. The van der Waals surface area contributed by atoms with Gasteiger partial charge >= 0.3 is 0 Å². The van der Waals surface area contributed by atoms with E-state index in [1.165, 1.54) is 11.3 Å². The first-order valence-electron chi connectivity index (χ1n) is 8.34. The maximum absolute atomic E-state index is 12.6. The Morgan fingerprint density at radius 3 is 2.50 bits per heavy atom. The molecule has 142 valence electrons. The van der Waals surface area contributed by atoms with Crippen LogP contribution in [0.25, 0.3) is 0 Å². The minimum atomic E-state index is -3.52. The smallest absolute Gasteiger partial charge is 0.250 e. The Morgan fingerprint density at radius 1 is 1.15 bits per heavy atom. The molecule has 1 aliphatic heterocycles. The third-order valence-electron chi connectivity index (χ3n) is 4.81. The highest BCUT2D eigenvalue weighted by atomic mass is 32.2. The van der Waals surface area contributed by atoms with E-state index in [1.807, 2.05) is 18.2 Å². The molecule has 1 N–H and O–H groups in total. The highest BCUT2D eigenvalue weighted by Gasteiger charge is 2.36. The molecule has 1 aliphatic rings. The van der Waals surface area contributed by atoms with Crippen LogP contribution in [-0.2, 0) is 20.2 Å². The second kappa shape index (κ2) is 7.96. The van der Waals surface area contributed by atoms with E-state index in [0.717, 1.165) is 18.4 Å². The van der Waals surface area contributed by atoms with E-state index in [9.17, 15) is 8.42 Å². The third-order valence-corrected chi connectivity index (χ3v) is 7.61. The van der Waals surface area contributed by atoms with Crippen molar-refractivity contribution in [2.45, 2.75) is 22.5 Å². The van der Waals surface area contributed by atoms with Crippen molar-refractivity contribution in [2.75, 3.05) is 34.0 Å². The molecule has 26 heavy (non-hydrogen) atoms. The molecule has 2 aromatic rings. The molecule has 0 saturated carbocycles. The molecule has 0 bridgehead atoms. The summed E-state index contributed by atoms with van der Waals surface area (Å²) in [5, 5.41) is 1.76. The van der Waals surface area contributed by atoms with Crippen LogP contribution in [0, 0.1) is 0 Å². The van der Waals surface area contributed by atoms with E-state index in [4.69, 9.17) is 14.2 Å². The first-order chi connectivity index (χ1) is 12.5. The molecule has 8 heteroatoms. The van der Waals surface area contributed by atoms with Gasteiger partial charge in [0.25, 0.3) is 0 Å². The van der Waals surface area contributed by atoms with E-state index in [-0.39, 0.29) is 5.41 Å². The lowest BCUT2D eigenvalue weighted by atomic mass is 9.74. The average Bonchev–Trinajstić information content (AvgIpc) is 3.22. The van der Waals surface area contributed by atoms with E-state index in [0.29, 0.717) is 35.5 Å². The second-order valence-corrected chi connectivity index (χ2v) is 9.16. The molecule has 0 amide bonds. The first-order valence-corrected chi connectivity index (χ1v) is 10.7. The van der Waals surface area contributed by atoms with Gasteiger partial charge in [-0.15, -0.1) is 11.3 Å². The maximum atomic E-state index is 12.6. The third kappa shape index (κ3) is 3.88. The van der Waals surface area contributed by atoms with Crippen LogP contribution < -0.4 is 14.2 Å². The predicted octanol–water partition coefficient (Wildman–Crippen LogP) is 2.79. The number of benzene rings is 1. The van der Waals surface area contributed by atoms with Crippen LogP contribution in [0.15, 0.2) is 39.9 Å². The summed E-state index contributed by atoms with van der Waals surface area (Å²) in [6.07, 6.45) is 1.46. The van der Waals surface area contributed by atoms with Crippen molar-refractivity contribution in [1.29, 1.82) is 0 Å². The van der Waals surface area contributed by atoms with Gasteiger partial charge < -0.3 is 14.2 Å². The summed E-state index contributed by atoms with van der Waals surface area (Å²) in [5.41, 5.74) is 0.676. The number of nitrogens with one attached hydrogen (secondary N) is 1. The van der Waals surface area contributed by atoms with Gasteiger partial charge in [-0.1, -0.05) is 12.1 Å². The molecular formula is C18H23NO5S2. The molecule has 1 aromatic heterocycles. The summed E-state index contributed by atoms with van der Waals surface area (Å²) >= 11 is 1.21. The van der Waals surface area contributed by atoms with Crippen molar-refractivity contribution in [2.24, 2.45) is 0 Å². The summed E-state index contributed by atoms with van der Waals surface area (Å²) in [4.78, 5) is 0. The van der Waals surface area contributed by atoms with Crippen LogP contribution in [0.3, 0.4) is 0 Å². The number of ether oxygens (including phenoxy) is 3. The van der Waals surface area contributed by atoms with Gasteiger partial charge in [-0.25, -0.2) is 13.1 Å². The van der Waals surface area contributed by atoms with Gasteiger partial charge in [-0.2, -0.15) is 0 Å². The Balaban J connectivity index is 1.90. The molecule has 0 radical (unpaired) electrons. The van der Waals surface area contributed by atoms with Crippen LogP contribution in [-0.4, -0.2) is 42.4 Å². The summed E-state index contributed by atoms with van der Waals surface area (Å²) < 4.78 is 44.5. The van der Waals surface area contributed by atoms with Crippen LogP contribution in [0.4, 0.5) is 0 Å². The Kier molecular flexibility index (Phi) is 5.86. The molecular weight excluding hydrogens is 374 g/mol. The molecule has 0 aliphatic carbocycles. The molecule has 2 heterocycles. The summed E-state index contributed by atoms with van der Waals surface area (Å²) in [6, 6.07) is 9.12. The zero-order valence-corrected chi connectivity index (χ0v) is 16.5. The highest BCUT2D eigenvalue weighted by molar-refractivity contribution is 7.91. The van der Waals surface area contributed by atoms with Gasteiger partial charge in [0.05, 0.1) is 14.2 Å². The van der Waals surface area contributed by atoms with Crippen molar-refractivity contribution < 1.29 is 22.6 Å².